The number of carbonyl (C=O) groups is 1. The molecule has 0 heterocycles. The van der Waals surface area contributed by atoms with Gasteiger partial charge in [0.05, 0.1) is 19.9 Å². The van der Waals surface area contributed by atoms with Crippen LogP contribution >= 0.6 is 0 Å². The average Bonchev–Trinajstić information content (AvgIpc) is 2.20. The minimum absolute atomic E-state index is 0.0155. The molecule has 5 heteroatoms. The molecule has 0 fully saturated rings. The summed E-state index contributed by atoms with van der Waals surface area (Å²) >= 11 is 0. The zero-order valence-corrected chi connectivity index (χ0v) is 7.83. The number of rotatable bonds is 2. The van der Waals surface area contributed by atoms with Gasteiger partial charge in [-0.1, -0.05) is 0 Å². The Hall–Kier alpha value is -1.78. The molecule has 0 saturated heterocycles. The fraction of sp³-hybridized carbons (Fsp3) is 0.222. The van der Waals surface area contributed by atoms with Crippen LogP contribution in [0.15, 0.2) is 12.1 Å². The van der Waals surface area contributed by atoms with Gasteiger partial charge >= 0.3 is 5.97 Å². The molecule has 4 nitrogen and oxygen atoms in total. The Morgan fingerprint density at radius 3 is 2.57 bits per heavy atom. The predicted molar refractivity (Wildman–Crippen MR) is 48.7 cm³/mol. The number of nitrogen functional groups attached to an aromatic ring is 1. The molecule has 76 valence electrons. The highest BCUT2D eigenvalue weighted by molar-refractivity contribution is 5.93. The lowest BCUT2D eigenvalue weighted by Crippen LogP contribution is -2.06. The van der Waals surface area contributed by atoms with Crippen LogP contribution in [0.3, 0.4) is 0 Å². The van der Waals surface area contributed by atoms with Crippen molar-refractivity contribution < 1.29 is 18.7 Å². The molecule has 0 unspecified atom stereocenters. The summed E-state index contributed by atoms with van der Waals surface area (Å²) in [6, 6.07) is 2.22. The molecule has 2 N–H and O–H groups in total. The monoisotopic (exact) mass is 199 g/mol. The first-order valence-electron chi connectivity index (χ1n) is 3.81. The lowest BCUT2D eigenvalue weighted by atomic mass is 10.1. The predicted octanol–water partition coefficient (Wildman–Crippen LogP) is 1.20. The summed E-state index contributed by atoms with van der Waals surface area (Å²) in [6.07, 6.45) is 0. The second-order valence-electron chi connectivity index (χ2n) is 2.57. The first-order chi connectivity index (χ1) is 6.60. The maximum absolute atomic E-state index is 13.0. The van der Waals surface area contributed by atoms with Crippen LogP contribution in [0.2, 0.25) is 0 Å². The van der Waals surface area contributed by atoms with E-state index in [4.69, 9.17) is 10.5 Å². The van der Waals surface area contributed by atoms with Gasteiger partial charge in [0.2, 0.25) is 0 Å². The van der Waals surface area contributed by atoms with Gasteiger partial charge in [-0.2, -0.15) is 0 Å². The number of ether oxygens (including phenoxy) is 2. The van der Waals surface area contributed by atoms with Gasteiger partial charge in [-0.05, 0) is 6.07 Å². The smallest absolute Gasteiger partial charge is 0.341 e. The number of anilines is 1. The van der Waals surface area contributed by atoms with Gasteiger partial charge in [-0.3, -0.25) is 0 Å². The van der Waals surface area contributed by atoms with Crippen molar-refractivity contribution in [1.82, 2.24) is 0 Å². The molecule has 0 saturated carbocycles. The molecule has 0 atom stereocenters. The Morgan fingerprint density at radius 2 is 2.07 bits per heavy atom. The number of esters is 1. The van der Waals surface area contributed by atoms with Gasteiger partial charge < -0.3 is 15.2 Å². The normalized spacial score (nSPS) is 9.64. The summed E-state index contributed by atoms with van der Waals surface area (Å²) in [4.78, 5) is 11.1. The Bertz CT molecular complexity index is 365. The molecule has 1 aromatic carbocycles. The molecule has 1 aromatic rings. The third-order valence-electron chi connectivity index (χ3n) is 1.72. The van der Waals surface area contributed by atoms with Crippen molar-refractivity contribution in [3.8, 4) is 5.75 Å². The fourth-order valence-electron chi connectivity index (χ4n) is 1.01. The number of halogens is 1. The van der Waals surface area contributed by atoms with Crippen molar-refractivity contribution in [1.29, 1.82) is 0 Å². The van der Waals surface area contributed by atoms with E-state index in [1.165, 1.54) is 20.3 Å². The van der Waals surface area contributed by atoms with Crippen LogP contribution in [0.1, 0.15) is 10.4 Å². The van der Waals surface area contributed by atoms with Crippen LogP contribution in [0.5, 0.6) is 5.75 Å². The zero-order valence-electron chi connectivity index (χ0n) is 7.83. The van der Waals surface area contributed by atoms with Crippen molar-refractivity contribution in [3.63, 3.8) is 0 Å². The zero-order chi connectivity index (χ0) is 10.7. The summed E-state index contributed by atoms with van der Waals surface area (Å²) in [5.74, 6) is -1.15. The van der Waals surface area contributed by atoms with Crippen LogP contribution in [0.25, 0.3) is 0 Å². The molecule has 0 aromatic heterocycles. The number of nitrogens with two attached hydrogens (primary N) is 1. The second-order valence-corrected chi connectivity index (χ2v) is 2.57. The summed E-state index contributed by atoms with van der Waals surface area (Å²) in [5, 5.41) is 0. The molecule has 0 amide bonds. The summed E-state index contributed by atoms with van der Waals surface area (Å²) < 4.78 is 22.3. The van der Waals surface area contributed by atoms with Crippen LogP contribution in [0.4, 0.5) is 10.1 Å². The van der Waals surface area contributed by atoms with E-state index in [0.29, 0.717) is 0 Å². The topological polar surface area (TPSA) is 61.5 Å². The molecule has 14 heavy (non-hydrogen) atoms. The Balaban J connectivity index is 3.27. The molecule has 0 radical (unpaired) electrons. The van der Waals surface area contributed by atoms with Crippen molar-refractivity contribution in [3.05, 3.63) is 23.5 Å². The number of methoxy groups -OCH3 is 2. The first kappa shape index (κ1) is 10.3. The second kappa shape index (κ2) is 3.95. The standard InChI is InChI=1S/C9H10FNO3/c1-13-8-4-7(11)6(10)3-5(8)9(12)14-2/h3-4H,11H2,1-2H3. The Kier molecular flexibility index (Phi) is 2.91. The van der Waals surface area contributed by atoms with E-state index < -0.39 is 11.8 Å². The lowest BCUT2D eigenvalue weighted by Gasteiger charge is -2.07. The maximum atomic E-state index is 13.0. The quantitative estimate of drug-likeness (QED) is 0.574. The van der Waals surface area contributed by atoms with Gasteiger partial charge in [-0.25, -0.2) is 9.18 Å². The maximum Gasteiger partial charge on any atom is 0.341 e. The van der Waals surface area contributed by atoms with Gasteiger partial charge in [0.25, 0.3) is 0 Å². The van der Waals surface area contributed by atoms with Gasteiger partial charge in [-0.15, -0.1) is 0 Å². The van der Waals surface area contributed by atoms with Crippen molar-refractivity contribution >= 4 is 11.7 Å². The summed E-state index contributed by atoms with van der Waals surface area (Å²) in [7, 11) is 2.56. The highest BCUT2D eigenvalue weighted by Gasteiger charge is 2.15. The first-order valence-corrected chi connectivity index (χ1v) is 3.81. The summed E-state index contributed by atoms with van der Waals surface area (Å²) in [6.45, 7) is 0. The minimum atomic E-state index is -0.675. The van der Waals surface area contributed by atoms with Crippen molar-refractivity contribution in [2.45, 2.75) is 0 Å². The molecule has 0 bridgehead atoms. The Labute approximate surface area is 80.4 Å². The average molecular weight is 199 g/mol. The number of hydrogen-bond donors (Lipinski definition) is 1. The van der Waals surface area contributed by atoms with E-state index in [1.807, 2.05) is 0 Å². The SMILES string of the molecule is COC(=O)c1cc(F)c(N)cc1OC. The van der Waals surface area contributed by atoms with E-state index in [0.717, 1.165) is 6.07 Å². The van der Waals surface area contributed by atoms with Gasteiger partial charge in [0.15, 0.2) is 0 Å². The van der Waals surface area contributed by atoms with E-state index >= 15 is 0 Å². The molecule has 0 aliphatic carbocycles. The number of carbonyl (C=O) groups excluding carboxylic acids is 1. The van der Waals surface area contributed by atoms with E-state index in [1.54, 1.807) is 0 Å². The highest BCUT2D eigenvalue weighted by atomic mass is 19.1. The fourth-order valence-corrected chi connectivity index (χ4v) is 1.01. The van der Waals surface area contributed by atoms with E-state index in [-0.39, 0.29) is 17.0 Å². The molecule has 0 aliphatic rings. The number of hydrogen-bond acceptors (Lipinski definition) is 4. The third-order valence-corrected chi connectivity index (χ3v) is 1.72. The van der Waals surface area contributed by atoms with Crippen LogP contribution in [-0.2, 0) is 4.74 Å². The Morgan fingerprint density at radius 1 is 1.43 bits per heavy atom. The van der Waals surface area contributed by atoms with E-state index in [2.05, 4.69) is 4.74 Å². The van der Waals surface area contributed by atoms with Gasteiger partial charge in [0.1, 0.15) is 17.1 Å². The molecule has 0 aliphatic heterocycles. The molecular weight excluding hydrogens is 189 g/mol. The summed E-state index contributed by atoms with van der Waals surface area (Å²) in [5.41, 5.74) is 5.24. The number of benzene rings is 1. The lowest BCUT2D eigenvalue weighted by molar-refractivity contribution is 0.0596. The minimum Gasteiger partial charge on any atom is -0.496 e. The van der Waals surface area contributed by atoms with Crippen LogP contribution in [0, 0.1) is 5.82 Å². The third kappa shape index (κ3) is 1.76. The molecular formula is C9H10FNO3. The van der Waals surface area contributed by atoms with Gasteiger partial charge in [0, 0.05) is 6.07 Å². The largest absolute Gasteiger partial charge is 0.496 e. The van der Waals surface area contributed by atoms with Crippen molar-refractivity contribution in [2.75, 3.05) is 20.0 Å². The van der Waals surface area contributed by atoms with E-state index in [9.17, 15) is 9.18 Å². The van der Waals surface area contributed by atoms with Crippen LogP contribution in [-0.4, -0.2) is 20.2 Å². The van der Waals surface area contributed by atoms with Crippen LogP contribution < -0.4 is 10.5 Å². The van der Waals surface area contributed by atoms with Crippen molar-refractivity contribution in [2.24, 2.45) is 0 Å². The molecule has 0 spiro atoms. The highest BCUT2D eigenvalue weighted by Crippen LogP contribution is 2.24. The molecule has 1 rings (SSSR count).